The topological polar surface area (TPSA) is 35.9 Å². The van der Waals surface area contributed by atoms with Crippen LogP contribution in [0.1, 0.15) is 38.2 Å². The van der Waals surface area contributed by atoms with E-state index in [-0.39, 0.29) is 12.4 Å². The number of fused-ring (bicyclic) bond motifs is 1. The van der Waals surface area contributed by atoms with E-state index in [9.17, 15) is 4.39 Å². The average molecular weight is 401 g/mol. The Kier molecular flexibility index (Phi) is 8.32. The predicted octanol–water partition coefficient (Wildman–Crippen LogP) is 4.77. The lowest BCUT2D eigenvalue weighted by atomic mass is 10.1. The van der Waals surface area contributed by atoms with Crippen LogP contribution < -0.4 is 9.64 Å². The zero-order chi connectivity index (χ0) is 20.5. The Balaban J connectivity index is 1.39. The molecule has 2 aromatic carbocycles. The van der Waals surface area contributed by atoms with Gasteiger partial charge < -0.3 is 19.6 Å². The molecule has 0 saturated heterocycles. The lowest BCUT2D eigenvalue weighted by molar-refractivity contribution is 0.199. The van der Waals surface area contributed by atoms with Crippen LogP contribution in [-0.4, -0.2) is 49.4 Å². The molecule has 0 atom stereocenters. The summed E-state index contributed by atoms with van der Waals surface area (Å²) in [6, 6.07) is 13.0. The van der Waals surface area contributed by atoms with Gasteiger partial charge in [0.1, 0.15) is 11.6 Å². The van der Waals surface area contributed by atoms with Gasteiger partial charge in [-0.25, -0.2) is 4.39 Å². The smallest absolute Gasteiger partial charge is 0.123 e. The van der Waals surface area contributed by atoms with Crippen LogP contribution in [0.3, 0.4) is 0 Å². The number of unbranched alkanes of at least 4 members (excludes halogenated alkanes) is 3. The summed E-state index contributed by atoms with van der Waals surface area (Å²) >= 11 is 0. The Morgan fingerprint density at radius 2 is 1.83 bits per heavy atom. The molecule has 4 nitrogen and oxygen atoms in total. The average Bonchev–Trinajstić information content (AvgIpc) is 3.16. The number of aliphatic hydroxyl groups is 1. The van der Waals surface area contributed by atoms with Crippen molar-refractivity contribution in [2.45, 2.75) is 39.0 Å². The fourth-order valence-corrected chi connectivity index (χ4v) is 3.91. The van der Waals surface area contributed by atoms with Gasteiger partial charge in [0.15, 0.2) is 0 Å². The van der Waals surface area contributed by atoms with Crippen molar-refractivity contribution in [1.29, 1.82) is 0 Å². The number of hydrogen-bond acceptors (Lipinski definition) is 4. The highest BCUT2D eigenvalue weighted by Crippen LogP contribution is 2.36. The summed E-state index contributed by atoms with van der Waals surface area (Å²) in [6.45, 7) is 6.87. The molecule has 0 fully saturated rings. The minimum absolute atomic E-state index is 0.204. The third-order valence-electron chi connectivity index (χ3n) is 5.59. The standard InChI is InChI=1S/C24H33FN2O2/c1-2-26(16-17-28)14-5-3-4-6-18-29-23-11-12-24-20(19-23)13-15-27(24)22-9-7-21(25)8-10-22/h7-12,19,28H,2-6,13-18H2,1H3. The molecule has 0 spiro atoms. The molecule has 158 valence electrons. The first kappa shape index (κ1) is 21.6. The summed E-state index contributed by atoms with van der Waals surface area (Å²) in [5, 5.41) is 9.02. The Labute approximate surface area is 173 Å². The second kappa shape index (κ2) is 11.2. The Bertz CT molecular complexity index is 751. The highest BCUT2D eigenvalue weighted by molar-refractivity contribution is 5.70. The third-order valence-corrected chi connectivity index (χ3v) is 5.59. The van der Waals surface area contributed by atoms with Crippen molar-refractivity contribution in [3.8, 4) is 5.75 Å². The van der Waals surface area contributed by atoms with Gasteiger partial charge in [-0.15, -0.1) is 0 Å². The summed E-state index contributed by atoms with van der Waals surface area (Å²) in [5.74, 6) is 0.731. The molecular weight excluding hydrogens is 367 g/mol. The largest absolute Gasteiger partial charge is 0.494 e. The van der Waals surface area contributed by atoms with Crippen LogP contribution >= 0.6 is 0 Å². The summed E-state index contributed by atoms with van der Waals surface area (Å²) in [7, 11) is 0. The van der Waals surface area contributed by atoms with E-state index in [1.165, 1.54) is 42.6 Å². The van der Waals surface area contributed by atoms with Gasteiger partial charge in [0.25, 0.3) is 0 Å². The molecule has 1 aliphatic heterocycles. The first-order valence-corrected chi connectivity index (χ1v) is 10.8. The van der Waals surface area contributed by atoms with Crippen molar-refractivity contribution < 1.29 is 14.2 Å². The highest BCUT2D eigenvalue weighted by Gasteiger charge is 2.20. The fraction of sp³-hybridized carbons (Fsp3) is 0.500. The molecular formula is C24H33FN2O2. The van der Waals surface area contributed by atoms with E-state index in [0.717, 1.165) is 57.1 Å². The van der Waals surface area contributed by atoms with Gasteiger partial charge in [-0.3, -0.25) is 0 Å². The molecule has 0 radical (unpaired) electrons. The second-order valence-corrected chi connectivity index (χ2v) is 7.59. The van der Waals surface area contributed by atoms with Crippen LogP contribution in [0.25, 0.3) is 0 Å². The lowest BCUT2D eigenvalue weighted by Crippen LogP contribution is -2.27. The number of anilines is 2. The molecule has 0 unspecified atom stereocenters. The number of nitrogens with zero attached hydrogens (tertiary/aromatic N) is 2. The number of rotatable bonds is 12. The Hall–Kier alpha value is -2.11. The summed E-state index contributed by atoms with van der Waals surface area (Å²) in [5.41, 5.74) is 3.50. The molecule has 1 heterocycles. The van der Waals surface area contributed by atoms with Gasteiger partial charge in [-0.2, -0.15) is 0 Å². The maximum absolute atomic E-state index is 13.2. The zero-order valence-corrected chi connectivity index (χ0v) is 17.4. The van der Waals surface area contributed by atoms with E-state index >= 15 is 0 Å². The molecule has 0 aromatic heterocycles. The molecule has 29 heavy (non-hydrogen) atoms. The van der Waals surface area contributed by atoms with E-state index in [1.807, 2.05) is 18.2 Å². The van der Waals surface area contributed by atoms with Crippen LogP contribution in [0.5, 0.6) is 5.75 Å². The van der Waals surface area contributed by atoms with E-state index < -0.39 is 0 Å². The van der Waals surface area contributed by atoms with E-state index in [0.29, 0.717) is 0 Å². The maximum Gasteiger partial charge on any atom is 0.123 e. The predicted molar refractivity (Wildman–Crippen MR) is 117 cm³/mol. The SMILES string of the molecule is CCN(CCO)CCCCCCOc1ccc2c(c1)CCN2c1ccc(F)cc1. The number of ether oxygens (including phenoxy) is 1. The minimum Gasteiger partial charge on any atom is -0.494 e. The van der Waals surface area contributed by atoms with Crippen molar-refractivity contribution in [3.05, 3.63) is 53.8 Å². The zero-order valence-electron chi connectivity index (χ0n) is 17.4. The van der Waals surface area contributed by atoms with Gasteiger partial charge in [0.2, 0.25) is 0 Å². The van der Waals surface area contributed by atoms with Crippen molar-refractivity contribution in [3.63, 3.8) is 0 Å². The second-order valence-electron chi connectivity index (χ2n) is 7.59. The van der Waals surface area contributed by atoms with E-state index in [2.05, 4.69) is 28.9 Å². The molecule has 1 aliphatic rings. The quantitative estimate of drug-likeness (QED) is 0.521. The highest BCUT2D eigenvalue weighted by atomic mass is 19.1. The van der Waals surface area contributed by atoms with Crippen molar-refractivity contribution >= 4 is 11.4 Å². The number of halogens is 1. The molecule has 1 N–H and O–H groups in total. The monoisotopic (exact) mass is 400 g/mol. The van der Waals surface area contributed by atoms with Crippen molar-refractivity contribution in [1.82, 2.24) is 4.90 Å². The molecule has 3 rings (SSSR count). The normalized spacial score (nSPS) is 13.2. The first-order chi connectivity index (χ1) is 14.2. The first-order valence-electron chi connectivity index (χ1n) is 10.8. The van der Waals surface area contributed by atoms with Crippen molar-refractivity contribution in [2.75, 3.05) is 44.3 Å². The number of likely N-dealkylation sites (N-methyl/N-ethyl adjacent to an activating group) is 1. The number of aliphatic hydroxyl groups excluding tert-OH is 1. The van der Waals surface area contributed by atoms with E-state index in [4.69, 9.17) is 9.84 Å². The number of hydrogen-bond donors (Lipinski definition) is 1. The summed E-state index contributed by atoms with van der Waals surface area (Å²) in [4.78, 5) is 4.52. The lowest BCUT2D eigenvalue weighted by Gasteiger charge is -2.19. The van der Waals surface area contributed by atoms with Crippen LogP contribution in [0.2, 0.25) is 0 Å². The Morgan fingerprint density at radius 1 is 1.03 bits per heavy atom. The van der Waals surface area contributed by atoms with Crippen LogP contribution in [0.4, 0.5) is 15.8 Å². The molecule has 0 bridgehead atoms. The van der Waals surface area contributed by atoms with Crippen LogP contribution in [-0.2, 0) is 6.42 Å². The maximum atomic E-state index is 13.2. The van der Waals surface area contributed by atoms with E-state index in [1.54, 1.807) is 0 Å². The van der Waals surface area contributed by atoms with Gasteiger partial charge >= 0.3 is 0 Å². The summed E-state index contributed by atoms with van der Waals surface area (Å²) < 4.78 is 19.1. The van der Waals surface area contributed by atoms with Gasteiger partial charge in [0.05, 0.1) is 13.2 Å². The minimum atomic E-state index is -0.204. The van der Waals surface area contributed by atoms with Crippen LogP contribution in [0, 0.1) is 5.82 Å². The fourth-order valence-electron chi connectivity index (χ4n) is 3.91. The van der Waals surface area contributed by atoms with Crippen molar-refractivity contribution in [2.24, 2.45) is 0 Å². The Morgan fingerprint density at radius 3 is 2.59 bits per heavy atom. The summed E-state index contributed by atoms with van der Waals surface area (Å²) in [6.07, 6.45) is 5.57. The molecule has 0 amide bonds. The number of benzene rings is 2. The molecule has 2 aromatic rings. The van der Waals surface area contributed by atoms with Gasteiger partial charge in [-0.1, -0.05) is 19.8 Å². The molecule has 5 heteroatoms. The van der Waals surface area contributed by atoms with Crippen LogP contribution in [0.15, 0.2) is 42.5 Å². The third kappa shape index (κ3) is 6.18. The van der Waals surface area contributed by atoms with Gasteiger partial charge in [0, 0.05) is 24.5 Å². The molecule has 0 aliphatic carbocycles. The van der Waals surface area contributed by atoms with Gasteiger partial charge in [-0.05, 0) is 80.4 Å². The molecule has 0 saturated carbocycles.